The smallest absolute Gasteiger partial charge is 0.317 e. The summed E-state index contributed by atoms with van der Waals surface area (Å²) < 4.78 is 0.685. The number of carbonyl (C=O) groups is 2. The SMILES string of the molecule is CC(C)C1(C(=O)O)CCN(C(=O)NCc2ccc(Cl)s2)C1. The molecule has 2 rings (SSSR count). The van der Waals surface area contributed by atoms with Gasteiger partial charge in [-0.3, -0.25) is 4.79 Å². The van der Waals surface area contributed by atoms with E-state index in [1.165, 1.54) is 11.3 Å². The molecule has 0 radical (unpaired) electrons. The third-order valence-electron chi connectivity index (χ3n) is 4.16. The molecule has 1 aliphatic rings. The molecular weight excluding hydrogens is 312 g/mol. The fraction of sp³-hybridized carbons (Fsp3) is 0.571. The zero-order chi connectivity index (χ0) is 15.6. The molecule has 0 saturated carbocycles. The number of likely N-dealkylation sites (tertiary alicyclic amines) is 1. The third-order valence-corrected chi connectivity index (χ3v) is 5.39. The molecule has 1 aliphatic heterocycles. The number of thiophene rings is 1. The Labute approximate surface area is 132 Å². The molecule has 21 heavy (non-hydrogen) atoms. The highest BCUT2D eigenvalue weighted by molar-refractivity contribution is 7.16. The number of aliphatic carboxylic acids is 1. The summed E-state index contributed by atoms with van der Waals surface area (Å²) in [7, 11) is 0. The predicted octanol–water partition coefficient (Wildman–Crippen LogP) is 3.04. The molecule has 1 aromatic rings. The van der Waals surface area contributed by atoms with Crippen molar-refractivity contribution in [3.63, 3.8) is 0 Å². The lowest BCUT2D eigenvalue weighted by atomic mass is 9.76. The highest BCUT2D eigenvalue weighted by atomic mass is 35.5. The number of nitrogens with zero attached hydrogens (tertiary/aromatic N) is 1. The molecule has 0 aromatic carbocycles. The summed E-state index contributed by atoms with van der Waals surface area (Å²) in [6.07, 6.45) is 0.498. The first-order valence-corrected chi connectivity index (χ1v) is 8.05. The normalized spacial score (nSPS) is 21.8. The summed E-state index contributed by atoms with van der Waals surface area (Å²) in [6.45, 7) is 4.93. The molecular formula is C14H19ClN2O3S. The van der Waals surface area contributed by atoms with Crippen LogP contribution in [0.2, 0.25) is 4.34 Å². The molecule has 7 heteroatoms. The number of halogens is 1. The fourth-order valence-corrected chi connectivity index (χ4v) is 3.65. The molecule has 1 unspecified atom stereocenters. The van der Waals surface area contributed by atoms with Gasteiger partial charge in [0.05, 0.1) is 16.3 Å². The second kappa shape index (κ2) is 6.23. The van der Waals surface area contributed by atoms with Gasteiger partial charge in [-0.15, -0.1) is 11.3 Å². The van der Waals surface area contributed by atoms with Gasteiger partial charge in [0.1, 0.15) is 0 Å². The van der Waals surface area contributed by atoms with Gasteiger partial charge < -0.3 is 15.3 Å². The number of hydrogen-bond donors (Lipinski definition) is 2. The molecule has 1 aromatic heterocycles. The molecule has 0 bridgehead atoms. The van der Waals surface area contributed by atoms with Crippen molar-refractivity contribution in [2.45, 2.75) is 26.8 Å². The summed E-state index contributed by atoms with van der Waals surface area (Å²) in [5.41, 5.74) is -0.830. The van der Waals surface area contributed by atoms with Gasteiger partial charge >= 0.3 is 12.0 Å². The number of urea groups is 1. The van der Waals surface area contributed by atoms with Gasteiger partial charge in [0.2, 0.25) is 0 Å². The Morgan fingerprint density at radius 1 is 1.52 bits per heavy atom. The predicted molar refractivity (Wildman–Crippen MR) is 82.7 cm³/mol. The number of rotatable bonds is 4. The van der Waals surface area contributed by atoms with Crippen molar-refractivity contribution in [1.82, 2.24) is 10.2 Å². The second-order valence-electron chi connectivity index (χ2n) is 5.65. The number of hydrogen-bond acceptors (Lipinski definition) is 3. The van der Waals surface area contributed by atoms with Crippen LogP contribution in [0.4, 0.5) is 4.79 Å². The van der Waals surface area contributed by atoms with E-state index >= 15 is 0 Å². The van der Waals surface area contributed by atoms with Crippen molar-refractivity contribution >= 4 is 34.9 Å². The van der Waals surface area contributed by atoms with Crippen LogP contribution in [0, 0.1) is 11.3 Å². The highest BCUT2D eigenvalue weighted by Crippen LogP contribution is 2.38. The highest BCUT2D eigenvalue weighted by Gasteiger charge is 2.48. The maximum absolute atomic E-state index is 12.2. The van der Waals surface area contributed by atoms with E-state index in [4.69, 9.17) is 11.6 Å². The summed E-state index contributed by atoms with van der Waals surface area (Å²) >= 11 is 7.26. The van der Waals surface area contributed by atoms with Crippen LogP contribution in [-0.2, 0) is 11.3 Å². The minimum Gasteiger partial charge on any atom is -0.481 e. The van der Waals surface area contributed by atoms with Crippen molar-refractivity contribution in [3.8, 4) is 0 Å². The van der Waals surface area contributed by atoms with E-state index in [2.05, 4.69) is 5.32 Å². The minimum absolute atomic E-state index is 0.0103. The molecule has 2 N–H and O–H groups in total. The molecule has 1 saturated heterocycles. The Bertz CT molecular complexity index is 546. The van der Waals surface area contributed by atoms with Crippen LogP contribution in [0.25, 0.3) is 0 Å². The topological polar surface area (TPSA) is 69.6 Å². The molecule has 0 spiro atoms. The lowest BCUT2D eigenvalue weighted by molar-refractivity contribution is -0.150. The second-order valence-corrected chi connectivity index (χ2v) is 7.45. The van der Waals surface area contributed by atoms with Crippen LogP contribution in [-0.4, -0.2) is 35.1 Å². The van der Waals surface area contributed by atoms with Crippen molar-refractivity contribution in [2.24, 2.45) is 11.3 Å². The van der Waals surface area contributed by atoms with Crippen LogP contribution < -0.4 is 5.32 Å². The van der Waals surface area contributed by atoms with E-state index in [0.717, 1.165) is 4.88 Å². The molecule has 116 valence electrons. The van der Waals surface area contributed by atoms with E-state index in [1.807, 2.05) is 19.9 Å². The summed E-state index contributed by atoms with van der Waals surface area (Å²) in [5, 5.41) is 12.3. The van der Waals surface area contributed by atoms with E-state index in [1.54, 1.807) is 11.0 Å². The van der Waals surface area contributed by atoms with E-state index in [9.17, 15) is 14.7 Å². The van der Waals surface area contributed by atoms with Crippen LogP contribution >= 0.6 is 22.9 Å². The lowest BCUT2D eigenvalue weighted by Gasteiger charge is -2.28. The Balaban J connectivity index is 1.94. The van der Waals surface area contributed by atoms with Crippen LogP contribution in [0.3, 0.4) is 0 Å². The van der Waals surface area contributed by atoms with Crippen molar-refractivity contribution in [2.75, 3.05) is 13.1 Å². The standard InChI is InChI=1S/C14H19ClN2O3S/c1-9(2)14(12(18)19)5-6-17(8-14)13(20)16-7-10-3-4-11(15)21-10/h3-4,9H,5-8H2,1-2H3,(H,16,20)(H,18,19). The van der Waals surface area contributed by atoms with E-state index in [-0.39, 0.29) is 18.5 Å². The van der Waals surface area contributed by atoms with Gasteiger partial charge in [-0.05, 0) is 24.5 Å². The fourth-order valence-electron chi connectivity index (χ4n) is 2.62. The van der Waals surface area contributed by atoms with E-state index < -0.39 is 11.4 Å². The first kappa shape index (κ1) is 16.1. The molecule has 2 heterocycles. The summed E-state index contributed by atoms with van der Waals surface area (Å²) in [4.78, 5) is 26.3. The number of amides is 2. The summed E-state index contributed by atoms with van der Waals surface area (Å²) in [6, 6.07) is 3.44. The Hall–Kier alpha value is -1.27. The molecule has 1 fully saturated rings. The zero-order valence-corrected chi connectivity index (χ0v) is 13.6. The first-order chi connectivity index (χ1) is 9.85. The average molecular weight is 331 g/mol. The van der Waals surface area contributed by atoms with Gasteiger partial charge in [-0.2, -0.15) is 0 Å². The average Bonchev–Trinajstić information content (AvgIpc) is 3.03. The van der Waals surface area contributed by atoms with Crippen molar-refractivity contribution in [1.29, 1.82) is 0 Å². The first-order valence-electron chi connectivity index (χ1n) is 6.85. The molecule has 5 nitrogen and oxygen atoms in total. The van der Waals surface area contributed by atoms with Gasteiger partial charge in [0.15, 0.2) is 0 Å². The Morgan fingerprint density at radius 3 is 2.71 bits per heavy atom. The Kier molecular flexibility index (Phi) is 4.78. The Morgan fingerprint density at radius 2 is 2.24 bits per heavy atom. The van der Waals surface area contributed by atoms with Gasteiger partial charge in [-0.1, -0.05) is 25.4 Å². The van der Waals surface area contributed by atoms with Crippen LogP contribution in [0.15, 0.2) is 12.1 Å². The lowest BCUT2D eigenvalue weighted by Crippen LogP contribution is -2.43. The largest absolute Gasteiger partial charge is 0.481 e. The number of nitrogens with one attached hydrogen (secondary N) is 1. The van der Waals surface area contributed by atoms with Crippen LogP contribution in [0.1, 0.15) is 25.1 Å². The number of carboxylic acid groups (broad SMARTS) is 1. The molecule has 0 aliphatic carbocycles. The van der Waals surface area contributed by atoms with Crippen molar-refractivity contribution in [3.05, 3.63) is 21.3 Å². The monoisotopic (exact) mass is 330 g/mol. The number of carbonyl (C=O) groups excluding carboxylic acids is 1. The van der Waals surface area contributed by atoms with E-state index in [0.29, 0.717) is 23.8 Å². The maximum Gasteiger partial charge on any atom is 0.317 e. The quantitative estimate of drug-likeness (QED) is 0.891. The molecule has 2 amide bonds. The van der Waals surface area contributed by atoms with Crippen LogP contribution in [0.5, 0.6) is 0 Å². The zero-order valence-electron chi connectivity index (χ0n) is 12.1. The van der Waals surface area contributed by atoms with Gasteiger partial charge in [-0.25, -0.2) is 4.79 Å². The van der Waals surface area contributed by atoms with Gasteiger partial charge in [0, 0.05) is 18.0 Å². The number of carboxylic acids is 1. The van der Waals surface area contributed by atoms with Gasteiger partial charge in [0.25, 0.3) is 0 Å². The van der Waals surface area contributed by atoms with Crippen molar-refractivity contribution < 1.29 is 14.7 Å². The third kappa shape index (κ3) is 3.32. The molecule has 1 atom stereocenters. The maximum atomic E-state index is 12.2. The minimum atomic E-state index is -0.830. The summed E-state index contributed by atoms with van der Waals surface area (Å²) in [5.74, 6) is -0.832.